The number of benzene rings is 1. The van der Waals surface area contributed by atoms with Crippen LogP contribution >= 0.6 is 0 Å². The van der Waals surface area contributed by atoms with Gasteiger partial charge in [-0.15, -0.1) is 0 Å². The third-order valence-corrected chi connectivity index (χ3v) is 6.35. The molecule has 1 N–H and O–H groups in total. The zero-order valence-corrected chi connectivity index (χ0v) is 17.6. The quantitative estimate of drug-likeness (QED) is 0.609. The highest BCUT2D eigenvalue weighted by atomic mass is 19.1. The van der Waals surface area contributed by atoms with E-state index in [9.17, 15) is 18.4 Å². The average Bonchev–Trinajstić information content (AvgIpc) is 2.82. The molecule has 33 heavy (non-hydrogen) atoms. The molecule has 4 heterocycles. The summed E-state index contributed by atoms with van der Waals surface area (Å²) in [6, 6.07) is 13.1. The highest BCUT2D eigenvalue weighted by Gasteiger charge is 2.63. The molecule has 2 aromatic heterocycles. The maximum Gasteiger partial charge on any atom is 0.321 e. The van der Waals surface area contributed by atoms with Crippen LogP contribution in [0.2, 0.25) is 0 Å². The molecule has 5 rings (SSSR count). The number of pyridine rings is 2. The van der Waals surface area contributed by atoms with Gasteiger partial charge >= 0.3 is 6.03 Å². The van der Waals surface area contributed by atoms with Gasteiger partial charge in [0.05, 0.1) is 17.2 Å². The number of β-lactam (4-membered cyclic amide) rings is 1. The smallest absolute Gasteiger partial charge is 0.321 e. The number of carbonyl (C=O) groups is 2. The van der Waals surface area contributed by atoms with Gasteiger partial charge in [-0.2, -0.15) is 0 Å². The first kappa shape index (κ1) is 21.0. The SMILES string of the molecule is O=C(Nc1cc(F)cc(F)c1)N1CCC2(CC1)C(=O)N(c1ccccn1)C2c1ccccn1. The Balaban J connectivity index is 1.35. The van der Waals surface area contributed by atoms with Gasteiger partial charge in [-0.25, -0.2) is 18.6 Å². The van der Waals surface area contributed by atoms with Gasteiger partial charge in [-0.1, -0.05) is 12.1 Å². The standard InChI is InChI=1S/C24H21F2N5O2/c25-16-13-17(26)15-18(14-16)29-23(33)30-11-7-24(8-12-30)21(19-5-1-3-9-27-19)31(22(24)32)20-6-2-4-10-28-20/h1-6,9-10,13-15,21H,7-8,11-12H2,(H,29,33). The van der Waals surface area contributed by atoms with Crippen LogP contribution in [0, 0.1) is 17.0 Å². The number of piperidine rings is 1. The monoisotopic (exact) mass is 449 g/mol. The number of nitrogens with zero attached hydrogens (tertiary/aromatic N) is 4. The Hall–Kier alpha value is -3.88. The van der Waals surface area contributed by atoms with E-state index in [0.29, 0.717) is 31.7 Å². The summed E-state index contributed by atoms with van der Waals surface area (Å²) < 4.78 is 26.9. The molecular formula is C24H21F2N5O2. The summed E-state index contributed by atoms with van der Waals surface area (Å²) >= 11 is 0. The summed E-state index contributed by atoms with van der Waals surface area (Å²) in [7, 11) is 0. The number of halogens is 2. The van der Waals surface area contributed by atoms with E-state index in [0.717, 1.165) is 23.9 Å². The number of carbonyl (C=O) groups excluding carboxylic acids is 2. The predicted octanol–water partition coefficient (Wildman–Crippen LogP) is 4.16. The van der Waals surface area contributed by atoms with E-state index in [-0.39, 0.29) is 17.6 Å². The topological polar surface area (TPSA) is 78.4 Å². The molecule has 3 aromatic rings. The fraction of sp³-hybridized carbons (Fsp3) is 0.250. The first-order valence-electron chi connectivity index (χ1n) is 10.7. The van der Waals surface area contributed by atoms with Crippen molar-refractivity contribution in [1.29, 1.82) is 0 Å². The highest BCUT2D eigenvalue weighted by molar-refractivity contribution is 6.05. The lowest BCUT2D eigenvalue weighted by molar-refractivity contribution is -0.144. The number of hydrogen-bond donors (Lipinski definition) is 1. The normalized spacial score (nSPS) is 19.3. The van der Waals surface area contributed by atoms with Crippen LogP contribution in [0.1, 0.15) is 24.6 Å². The zero-order valence-electron chi connectivity index (χ0n) is 17.6. The number of nitrogens with one attached hydrogen (secondary N) is 1. The molecule has 1 spiro atoms. The van der Waals surface area contributed by atoms with Crippen LogP contribution in [0.3, 0.4) is 0 Å². The Bertz CT molecular complexity index is 1160. The van der Waals surface area contributed by atoms with Gasteiger partial charge in [0.15, 0.2) is 0 Å². The van der Waals surface area contributed by atoms with E-state index in [2.05, 4.69) is 15.3 Å². The van der Waals surface area contributed by atoms with Gasteiger partial charge in [0.1, 0.15) is 17.5 Å². The maximum absolute atomic E-state index is 13.4. The van der Waals surface area contributed by atoms with Crippen molar-refractivity contribution in [2.75, 3.05) is 23.3 Å². The molecule has 0 saturated carbocycles. The van der Waals surface area contributed by atoms with Crippen LogP contribution < -0.4 is 10.2 Å². The van der Waals surface area contributed by atoms with E-state index in [1.54, 1.807) is 34.3 Å². The first-order chi connectivity index (χ1) is 16.0. The summed E-state index contributed by atoms with van der Waals surface area (Å²) in [5.74, 6) is -1.01. The largest absolute Gasteiger partial charge is 0.324 e. The van der Waals surface area contributed by atoms with E-state index in [1.807, 2.05) is 24.3 Å². The van der Waals surface area contributed by atoms with Gasteiger partial charge in [0.25, 0.3) is 0 Å². The predicted molar refractivity (Wildman–Crippen MR) is 117 cm³/mol. The molecule has 2 aliphatic heterocycles. The Kier molecular flexibility index (Phi) is 5.24. The average molecular weight is 449 g/mol. The van der Waals surface area contributed by atoms with Crippen LogP contribution in [-0.2, 0) is 4.79 Å². The van der Waals surface area contributed by atoms with Gasteiger partial charge in [0, 0.05) is 37.2 Å². The second-order valence-electron chi connectivity index (χ2n) is 8.25. The molecule has 2 fully saturated rings. The van der Waals surface area contributed by atoms with E-state index in [4.69, 9.17) is 0 Å². The van der Waals surface area contributed by atoms with Crippen molar-refractivity contribution >= 4 is 23.4 Å². The highest BCUT2D eigenvalue weighted by Crippen LogP contribution is 2.56. The van der Waals surface area contributed by atoms with Crippen molar-refractivity contribution in [3.63, 3.8) is 0 Å². The van der Waals surface area contributed by atoms with Crippen molar-refractivity contribution < 1.29 is 18.4 Å². The van der Waals surface area contributed by atoms with Crippen LogP contribution in [0.25, 0.3) is 0 Å². The Morgan fingerprint density at radius 3 is 2.24 bits per heavy atom. The van der Waals surface area contributed by atoms with Crippen molar-refractivity contribution in [2.24, 2.45) is 5.41 Å². The number of rotatable bonds is 3. The van der Waals surface area contributed by atoms with Gasteiger partial charge in [-0.3, -0.25) is 14.7 Å². The second kappa shape index (κ2) is 8.23. The molecule has 7 nitrogen and oxygen atoms in total. The van der Waals surface area contributed by atoms with Crippen LogP contribution in [0.15, 0.2) is 67.0 Å². The van der Waals surface area contributed by atoms with Gasteiger partial charge in [0.2, 0.25) is 5.91 Å². The minimum Gasteiger partial charge on any atom is -0.324 e. The number of hydrogen-bond acceptors (Lipinski definition) is 4. The van der Waals surface area contributed by atoms with E-state index >= 15 is 0 Å². The van der Waals surface area contributed by atoms with Crippen molar-refractivity contribution in [1.82, 2.24) is 14.9 Å². The molecule has 9 heteroatoms. The van der Waals surface area contributed by atoms with Gasteiger partial charge in [-0.05, 0) is 49.2 Å². The fourth-order valence-corrected chi connectivity index (χ4v) is 4.77. The molecule has 0 bridgehead atoms. The number of urea groups is 1. The van der Waals surface area contributed by atoms with Crippen molar-refractivity contribution in [3.8, 4) is 0 Å². The lowest BCUT2D eigenvalue weighted by Crippen LogP contribution is -2.67. The molecular weight excluding hydrogens is 428 g/mol. The Morgan fingerprint density at radius 1 is 0.970 bits per heavy atom. The molecule has 3 amide bonds. The van der Waals surface area contributed by atoms with Crippen molar-refractivity contribution in [3.05, 3.63) is 84.3 Å². The Labute approximate surface area is 189 Å². The van der Waals surface area contributed by atoms with Crippen molar-refractivity contribution in [2.45, 2.75) is 18.9 Å². The summed E-state index contributed by atoms with van der Waals surface area (Å²) in [6.45, 7) is 0.656. The molecule has 1 aromatic carbocycles. The Morgan fingerprint density at radius 2 is 1.64 bits per heavy atom. The van der Waals surface area contributed by atoms with Crippen LogP contribution in [0.4, 0.5) is 25.1 Å². The molecule has 2 saturated heterocycles. The minimum absolute atomic E-state index is 0.0379. The summed E-state index contributed by atoms with van der Waals surface area (Å²) in [4.78, 5) is 38.2. The van der Waals surface area contributed by atoms with E-state index in [1.165, 1.54) is 0 Å². The van der Waals surface area contributed by atoms with Crippen LogP contribution in [-0.4, -0.2) is 39.9 Å². The summed E-state index contributed by atoms with van der Waals surface area (Å²) in [6.07, 6.45) is 4.23. The molecule has 0 radical (unpaired) electrons. The summed E-state index contributed by atoms with van der Waals surface area (Å²) in [5.41, 5.74) is 0.134. The minimum atomic E-state index is -0.768. The third-order valence-electron chi connectivity index (χ3n) is 6.35. The maximum atomic E-state index is 13.4. The number of amides is 3. The lowest BCUT2D eigenvalue weighted by Gasteiger charge is -2.57. The number of aromatic nitrogens is 2. The lowest BCUT2D eigenvalue weighted by atomic mass is 9.63. The summed E-state index contributed by atoms with van der Waals surface area (Å²) in [5, 5.41) is 2.53. The molecule has 0 aliphatic carbocycles. The second-order valence-corrected chi connectivity index (χ2v) is 8.25. The number of likely N-dealkylation sites (tertiary alicyclic amines) is 1. The molecule has 1 atom stereocenters. The van der Waals surface area contributed by atoms with Gasteiger partial charge < -0.3 is 10.2 Å². The van der Waals surface area contributed by atoms with E-state index < -0.39 is 23.1 Å². The number of anilines is 2. The molecule has 168 valence electrons. The van der Waals surface area contributed by atoms with Crippen LogP contribution in [0.5, 0.6) is 0 Å². The first-order valence-corrected chi connectivity index (χ1v) is 10.7. The molecule has 1 unspecified atom stereocenters. The third kappa shape index (κ3) is 3.69. The molecule has 2 aliphatic rings. The zero-order chi connectivity index (χ0) is 23.0. The fourth-order valence-electron chi connectivity index (χ4n) is 4.77.